The standard InChI is InChI=1S/C11H11BrN4O2S/c1-7-2-3-10(9(12)4-7)16-19(17,18)8-5-14-11(13)15-6-8/h2-6,16H,1H3,(H2,13,14,15). The number of hydrogen-bond donors (Lipinski definition) is 2. The van der Waals surface area contributed by atoms with E-state index in [4.69, 9.17) is 5.73 Å². The molecule has 3 N–H and O–H groups in total. The molecule has 0 fully saturated rings. The zero-order valence-corrected chi connectivity index (χ0v) is 12.4. The van der Waals surface area contributed by atoms with Crippen LogP contribution in [-0.4, -0.2) is 18.4 Å². The van der Waals surface area contributed by atoms with Gasteiger partial charge in [0.1, 0.15) is 4.90 Å². The lowest BCUT2D eigenvalue weighted by molar-refractivity contribution is 0.600. The maximum absolute atomic E-state index is 12.1. The smallest absolute Gasteiger partial charge is 0.265 e. The van der Waals surface area contributed by atoms with Crippen LogP contribution in [0.3, 0.4) is 0 Å². The lowest BCUT2D eigenvalue weighted by atomic mass is 10.2. The normalized spacial score (nSPS) is 11.3. The number of halogens is 1. The van der Waals surface area contributed by atoms with Crippen LogP contribution in [0.15, 0.2) is 40.0 Å². The second-order valence-electron chi connectivity index (χ2n) is 3.87. The minimum atomic E-state index is -3.73. The molecule has 19 heavy (non-hydrogen) atoms. The van der Waals surface area contributed by atoms with Crippen LogP contribution in [0.1, 0.15) is 5.56 Å². The number of aromatic nitrogens is 2. The quantitative estimate of drug-likeness (QED) is 0.887. The van der Waals surface area contributed by atoms with Crippen LogP contribution in [0.5, 0.6) is 0 Å². The molecule has 0 amide bonds. The average Bonchev–Trinajstić information content (AvgIpc) is 2.33. The summed E-state index contributed by atoms with van der Waals surface area (Å²) in [5.41, 5.74) is 6.78. The van der Waals surface area contributed by atoms with Gasteiger partial charge in [0.05, 0.1) is 18.1 Å². The SMILES string of the molecule is Cc1ccc(NS(=O)(=O)c2cnc(N)nc2)c(Br)c1. The van der Waals surface area contributed by atoms with E-state index in [9.17, 15) is 8.42 Å². The molecule has 6 nitrogen and oxygen atoms in total. The van der Waals surface area contributed by atoms with E-state index < -0.39 is 10.0 Å². The molecule has 1 aromatic carbocycles. The first-order valence-corrected chi connectivity index (χ1v) is 7.52. The Morgan fingerprint density at radius 1 is 1.26 bits per heavy atom. The fraction of sp³-hybridized carbons (Fsp3) is 0.0909. The summed E-state index contributed by atoms with van der Waals surface area (Å²) in [5, 5.41) is 0. The molecule has 0 unspecified atom stereocenters. The first-order valence-electron chi connectivity index (χ1n) is 5.25. The Bertz CT molecular complexity index is 701. The Hall–Kier alpha value is -1.67. The molecule has 0 radical (unpaired) electrons. The molecule has 8 heteroatoms. The Labute approximate surface area is 119 Å². The highest BCUT2D eigenvalue weighted by atomic mass is 79.9. The van der Waals surface area contributed by atoms with Crippen LogP contribution in [0.2, 0.25) is 0 Å². The number of sulfonamides is 1. The summed E-state index contributed by atoms with van der Waals surface area (Å²) in [5.74, 6) is 0.0236. The molecular weight excluding hydrogens is 332 g/mol. The molecule has 100 valence electrons. The van der Waals surface area contributed by atoms with Gasteiger partial charge >= 0.3 is 0 Å². The number of rotatable bonds is 3. The number of nitrogen functional groups attached to an aromatic ring is 1. The van der Waals surface area contributed by atoms with Gasteiger partial charge in [-0.2, -0.15) is 0 Å². The van der Waals surface area contributed by atoms with Crippen LogP contribution in [0.4, 0.5) is 11.6 Å². The molecular formula is C11H11BrN4O2S. The van der Waals surface area contributed by atoms with E-state index in [1.807, 2.05) is 19.1 Å². The molecule has 2 aromatic rings. The number of nitrogens with two attached hydrogens (primary N) is 1. The van der Waals surface area contributed by atoms with Crippen molar-refractivity contribution in [2.45, 2.75) is 11.8 Å². The van der Waals surface area contributed by atoms with Gasteiger partial charge in [-0.3, -0.25) is 4.72 Å². The molecule has 0 saturated carbocycles. The summed E-state index contributed by atoms with van der Waals surface area (Å²) in [4.78, 5) is 7.27. The van der Waals surface area contributed by atoms with Crippen molar-refractivity contribution >= 4 is 37.6 Å². The maximum Gasteiger partial charge on any atom is 0.265 e. The van der Waals surface area contributed by atoms with Crippen molar-refractivity contribution in [3.05, 3.63) is 40.6 Å². The van der Waals surface area contributed by atoms with Crippen molar-refractivity contribution in [2.75, 3.05) is 10.5 Å². The van der Waals surface area contributed by atoms with Crippen LogP contribution in [0.25, 0.3) is 0 Å². The molecule has 0 aliphatic rings. The fourth-order valence-electron chi connectivity index (χ4n) is 1.37. The molecule has 0 atom stereocenters. The van der Waals surface area contributed by atoms with Crippen LogP contribution < -0.4 is 10.5 Å². The van der Waals surface area contributed by atoms with E-state index in [0.717, 1.165) is 18.0 Å². The molecule has 2 rings (SSSR count). The minimum Gasteiger partial charge on any atom is -0.368 e. The highest BCUT2D eigenvalue weighted by Crippen LogP contribution is 2.25. The van der Waals surface area contributed by atoms with Gasteiger partial charge in [-0.05, 0) is 40.5 Å². The first kappa shape index (κ1) is 13.8. The van der Waals surface area contributed by atoms with E-state index in [1.54, 1.807) is 6.07 Å². The van der Waals surface area contributed by atoms with Gasteiger partial charge in [-0.1, -0.05) is 6.07 Å². The summed E-state index contributed by atoms with van der Waals surface area (Å²) in [6.45, 7) is 1.91. The van der Waals surface area contributed by atoms with E-state index in [1.165, 1.54) is 0 Å². The first-order chi connectivity index (χ1) is 8.88. The summed E-state index contributed by atoms with van der Waals surface area (Å²) < 4.78 is 27.3. The molecule has 0 aliphatic carbocycles. The van der Waals surface area contributed by atoms with Crippen LogP contribution in [-0.2, 0) is 10.0 Å². The number of hydrogen-bond acceptors (Lipinski definition) is 5. The Kier molecular flexibility index (Phi) is 3.72. The Morgan fingerprint density at radius 3 is 2.47 bits per heavy atom. The summed E-state index contributed by atoms with van der Waals surface area (Å²) in [6.07, 6.45) is 2.32. The number of benzene rings is 1. The third-order valence-corrected chi connectivity index (χ3v) is 4.30. The maximum atomic E-state index is 12.1. The second kappa shape index (κ2) is 5.14. The topological polar surface area (TPSA) is 98.0 Å². The summed E-state index contributed by atoms with van der Waals surface area (Å²) in [6, 6.07) is 5.30. The number of nitrogens with one attached hydrogen (secondary N) is 1. The van der Waals surface area contributed by atoms with Gasteiger partial charge in [-0.25, -0.2) is 18.4 Å². The molecule has 0 spiro atoms. The minimum absolute atomic E-state index is 0.0236. The lowest BCUT2D eigenvalue weighted by Gasteiger charge is -2.09. The highest BCUT2D eigenvalue weighted by molar-refractivity contribution is 9.10. The van der Waals surface area contributed by atoms with E-state index in [-0.39, 0.29) is 10.8 Å². The number of aryl methyl sites for hydroxylation is 1. The van der Waals surface area contributed by atoms with Crippen molar-refractivity contribution in [2.24, 2.45) is 0 Å². The highest BCUT2D eigenvalue weighted by Gasteiger charge is 2.16. The van der Waals surface area contributed by atoms with Crippen molar-refractivity contribution in [1.29, 1.82) is 0 Å². The zero-order chi connectivity index (χ0) is 14.0. The lowest BCUT2D eigenvalue weighted by Crippen LogP contribution is -2.14. The van der Waals surface area contributed by atoms with Gasteiger partial charge in [0.25, 0.3) is 10.0 Å². The van der Waals surface area contributed by atoms with Gasteiger partial charge in [-0.15, -0.1) is 0 Å². The number of nitrogens with zero attached hydrogens (tertiary/aromatic N) is 2. The van der Waals surface area contributed by atoms with Crippen molar-refractivity contribution in [1.82, 2.24) is 9.97 Å². The van der Waals surface area contributed by atoms with Crippen molar-refractivity contribution in [3.63, 3.8) is 0 Å². The largest absolute Gasteiger partial charge is 0.368 e. The number of anilines is 2. The second-order valence-corrected chi connectivity index (χ2v) is 6.40. The Morgan fingerprint density at radius 2 is 1.89 bits per heavy atom. The van der Waals surface area contributed by atoms with Crippen molar-refractivity contribution < 1.29 is 8.42 Å². The summed E-state index contributed by atoms with van der Waals surface area (Å²) in [7, 11) is -3.73. The van der Waals surface area contributed by atoms with E-state index >= 15 is 0 Å². The molecule has 0 aliphatic heterocycles. The predicted octanol–water partition coefficient (Wildman–Crippen LogP) is 1.93. The van der Waals surface area contributed by atoms with Gasteiger partial charge < -0.3 is 5.73 Å². The van der Waals surface area contributed by atoms with Crippen LogP contribution in [0, 0.1) is 6.92 Å². The van der Waals surface area contributed by atoms with Gasteiger partial charge in [0.15, 0.2) is 0 Å². The average molecular weight is 343 g/mol. The van der Waals surface area contributed by atoms with Gasteiger partial charge in [0, 0.05) is 4.47 Å². The third-order valence-electron chi connectivity index (χ3n) is 2.33. The molecule has 1 aromatic heterocycles. The third kappa shape index (κ3) is 3.21. The van der Waals surface area contributed by atoms with E-state index in [0.29, 0.717) is 10.2 Å². The van der Waals surface area contributed by atoms with E-state index in [2.05, 4.69) is 30.6 Å². The molecule has 0 saturated heterocycles. The predicted molar refractivity (Wildman–Crippen MR) is 76.1 cm³/mol. The molecule has 1 heterocycles. The molecule has 0 bridgehead atoms. The fourth-order valence-corrected chi connectivity index (χ4v) is 3.06. The zero-order valence-electron chi connectivity index (χ0n) is 9.96. The summed E-state index contributed by atoms with van der Waals surface area (Å²) >= 11 is 3.31. The Balaban J connectivity index is 2.33. The van der Waals surface area contributed by atoms with Gasteiger partial charge in [0.2, 0.25) is 5.95 Å². The van der Waals surface area contributed by atoms with Crippen LogP contribution >= 0.6 is 15.9 Å². The van der Waals surface area contributed by atoms with Crippen molar-refractivity contribution in [3.8, 4) is 0 Å². The monoisotopic (exact) mass is 342 g/mol.